The number of rotatable bonds is 6. The summed E-state index contributed by atoms with van der Waals surface area (Å²) in [5, 5.41) is 13.4. The fourth-order valence-electron chi connectivity index (χ4n) is 2.87. The number of benzene rings is 2. The number of nitrogens with zero attached hydrogens (tertiary/aromatic N) is 2. The Bertz CT molecular complexity index is 1020. The molecule has 0 aromatic heterocycles. The zero-order valence-electron chi connectivity index (χ0n) is 15.9. The summed E-state index contributed by atoms with van der Waals surface area (Å²) in [6.07, 6.45) is -0.928. The molecule has 3 amide bonds. The molecule has 0 saturated carbocycles. The van der Waals surface area contributed by atoms with Crippen molar-refractivity contribution < 1.29 is 28.8 Å². The van der Waals surface area contributed by atoms with Crippen LogP contribution in [0.3, 0.4) is 0 Å². The maximum Gasteiger partial charge on any atom is 0.338 e. The highest BCUT2D eigenvalue weighted by molar-refractivity contribution is 6.19. The standard InChI is InChI=1S/C20H17N3O7/c1-12(19(26)21-15-4-2-3-5-16(15)23(28)29)30-20(27)13-6-8-14(9-7-13)22-17(24)10-11-18(22)25/h2-9,12H,10-11H2,1H3,(H,21,26)/t12-/m1/s1. The molecule has 2 aromatic rings. The number of ether oxygens (including phenoxy) is 1. The molecule has 10 heteroatoms. The van der Waals surface area contributed by atoms with Gasteiger partial charge in [-0.05, 0) is 37.3 Å². The van der Waals surface area contributed by atoms with Crippen molar-refractivity contribution in [3.63, 3.8) is 0 Å². The average molecular weight is 411 g/mol. The van der Waals surface area contributed by atoms with Gasteiger partial charge in [-0.2, -0.15) is 0 Å². The van der Waals surface area contributed by atoms with Crippen molar-refractivity contribution in [3.05, 3.63) is 64.2 Å². The zero-order chi connectivity index (χ0) is 21.8. The maximum absolute atomic E-state index is 12.3. The van der Waals surface area contributed by atoms with Gasteiger partial charge in [0, 0.05) is 18.9 Å². The summed E-state index contributed by atoms with van der Waals surface area (Å²) in [6, 6.07) is 11.2. The van der Waals surface area contributed by atoms with Gasteiger partial charge in [-0.25, -0.2) is 4.79 Å². The van der Waals surface area contributed by atoms with Crippen molar-refractivity contribution in [1.29, 1.82) is 0 Å². The van der Waals surface area contributed by atoms with Gasteiger partial charge >= 0.3 is 5.97 Å². The van der Waals surface area contributed by atoms with Crippen molar-refractivity contribution in [2.45, 2.75) is 25.9 Å². The number of imide groups is 1. The molecule has 1 N–H and O–H groups in total. The van der Waals surface area contributed by atoms with Gasteiger partial charge in [0.2, 0.25) is 11.8 Å². The summed E-state index contributed by atoms with van der Waals surface area (Å²) >= 11 is 0. The molecule has 10 nitrogen and oxygen atoms in total. The number of para-hydroxylation sites is 2. The molecule has 1 heterocycles. The third kappa shape index (κ3) is 4.32. The van der Waals surface area contributed by atoms with Crippen molar-refractivity contribution in [2.75, 3.05) is 10.2 Å². The minimum Gasteiger partial charge on any atom is -0.449 e. The van der Waals surface area contributed by atoms with Crippen LogP contribution in [0.5, 0.6) is 0 Å². The van der Waals surface area contributed by atoms with E-state index in [1.54, 1.807) is 0 Å². The fourth-order valence-corrected chi connectivity index (χ4v) is 2.87. The lowest BCUT2D eigenvalue weighted by atomic mass is 10.2. The number of esters is 1. The van der Waals surface area contributed by atoms with Crippen molar-refractivity contribution in [1.82, 2.24) is 0 Å². The lowest BCUT2D eigenvalue weighted by Crippen LogP contribution is -2.30. The van der Waals surface area contributed by atoms with Crippen molar-refractivity contribution in [3.8, 4) is 0 Å². The summed E-state index contributed by atoms with van der Waals surface area (Å²) in [5.74, 6) is -2.15. The molecule has 0 spiro atoms. The van der Waals surface area contributed by atoms with Crippen LogP contribution in [0, 0.1) is 10.1 Å². The molecule has 0 aliphatic carbocycles. The SMILES string of the molecule is C[C@@H](OC(=O)c1ccc(N2C(=O)CCC2=O)cc1)C(=O)Nc1ccccc1[N+](=O)[O-]. The summed E-state index contributed by atoms with van der Waals surface area (Å²) < 4.78 is 5.11. The molecular weight excluding hydrogens is 394 g/mol. The van der Waals surface area contributed by atoms with Crippen LogP contribution in [0.1, 0.15) is 30.1 Å². The summed E-state index contributed by atoms with van der Waals surface area (Å²) in [5.41, 5.74) is 0.162. The Labute approximate surface area is 170 Å². The van der Waals surface area contributed by atoms with E-state index < -0.39 is 22.9 Å². The normalized spacial score (nSPS) is 14.4. The first-order valence-electron chi connectivity index (χ1n) is 8.99. The average Bonchev–Trinajstić information content (AvgIpc) is 3.06. The molecule has 3 rings (SSSR count). The van der Waals surface area contributed by atoms with Gasteiger partial charge in [0.15, 0.2) is 6.10 Å². The zero-order valence-corrected chi connectivity index (χ0v) is 15.9. The predicted molar refractivity (Wildman–Crippen MR) is 105 cm³/mol. The molecule has 0 bridgehead atoms. The highest BCUT2D eigenvalue weighted by atomic mass is 16.6. The number of nitro benzene ring substituents is 1. The Kier molecular flexibility index (Phi) is 5.86. The summed E-state index contributed by atoms with van der Waals surface area (Å²) in [6.45, 7) is 1.33. The van der Waals surface area contributed by atoms with E-state index in [1.165, 1.54) is 55.5 Å². The number of nitro groups is 1. The number of amides is 3. The van der Waals surface area contributed by atoms with Crippen LogP contribution in [0.15, 0.2) is 48.5 Å². The lowest BCUT2D eigenvalue weighted by molar-refractivity contribution is -0.383. The Morgan fingerprint density at radius 2 is 1.67 bits per heavy atom. The van der Waals surface area contributed by atoms with E-state index in [-0.39, 0.29) is 41.6 Å². The molecule has 30 heavy (non-hydrogen) atoms. The van der Waals surface area contributed by atoms with E-state index in [9.17, 15) is 29.3 Å². The van der Waals surface area contributed by atoms with Gasteiger partial charge in [-0.15, -0.1) is 0 Å². The van der Waals surface area contributed by atoms with Gasteiger partial charge in [-0.1, -0.05) is 12.1 Å². The molecular formula is C20H17N3O7. The van der Waals surface area contributed by atoms with E-state index >= 15 is 0 Å². The Hall–Kier alpha value is -4.08. The number of nitrogens with one attached hydrogen (secondary N) is 1. The van der Waals surface area contributed by atoms with E-state index in [0.717, 1.165) is 4.90 Å². The van der Waals surface area contributed by atoms with Crippen molar-refractivity contribution in [2.24, 2.45) is 0 Å². The van der Waals surface area contributed by atoms with E-state index in [0.29, 0.717) is 5.69 Å². The number of carbonyl (C=O) groups excluding carboxylic acids is 4. The molecule has 1 aliphatic heterocycles. The Balaban J connectivity index is 1.64. The second kappa shape index (κ2) is 8.52. The summed E-state index contributed by atoms with van der Waals surface area (Å²) in [7, 11) is 0. The van der Waals surface area contributed by atoms with Crippen molar-refractivity contribution >= 4 is 40.8 Å². The highest BCUT2D eigenvalue weighted by Gasteiger charge is 2.30. The maximum atomic E-state index is 12.3. The summed E-state index contributed by atoms with van der Waals surface area (Å²) in [4.78, 5) is 59.5. The second-order valence-corrected chi connectivity index (χ2v) is 6.48. The molecule has 154 valence electrons. The van der Waals surface area contributed by atoms with Crippen LogP contribution in [0.2, 0.25) is 0 Å². The number of carbonyl (C=O) groups is 4. The Morgan fingerprint density at radius 1 is 1.07 bits per heavy atom. The van der Waals surface area contributed by atoms with Crippen LogP contribution in [0.25, 0.3) is 0 Å². The number of anilines is 2. The van der Waals surface area contributed by atoms with Gasteiger partial charge in [0.25, 0.3) is 11.6 Å². The molecule has 0 radical (unpaired) electrons. The van der Waals surface area contributed by atoms with Crippen LogP contribution in [-0.2, 0) is 19.1 Å². The molecule has 1 saturated heterocycles. The van der Waals surface area contributed by atoms with Gasteiger partial charge in [0.05, 0.1) is 16.2 Å². The minimum absolute atomic E-state index is 0.0142. The molecule has 1 aliphatic rings. The Morgan fingerprint density at radius 3 is 2.27 bits per heavy atom. The first-order chi connectivity index (χ1) is 14.3. The first kappa shape index (κ1) is 20.6. The molecule has 1 atom stereocenters. The molecule has 1 fully saturated rings. The molecule has 2 aromatic carbocycles. The smallest absolute Gasteiger partial charge is 0.338 e. The first-order valence-corrected chi connectivity index (χ1v) is 8.99. The monoisotopic (exact) mass is 411 g/mol. The molecule has 0 unspecified atom stereocenters. The van der Waals surface area contributed by atoms with Crippen LogP contribution < -0.4 is 10.2 Å². The van der Waals surface area contributed by atoms with E-state index in [2.05, 4.69) is 5.32 Å². The number of hydrogen-bond acceptors (Lipinski definition) is 7. The van der Waals surface area contributed by atoms with Crippen LogP contribution >= 0.6 is 0 Å². The second-order valence-electron chi connectivity index (χ2n) is 6.48. The van der Waals surface area contributed by atoms with E-state index in [4.69, 9.17) is 4.74 Å². The van der Waals surface area contributed by atoms with Gasteiger partial charge < -0.3 is 10.1 Å². The highest BCUT2D eigenvalue weighted by Crippen LogP contribution is 2.24. The fraction of sp³-hybridized carbons (Fsp3) is 0.200. The quantitative estimate of drug-likeness (QED) is 0.334. The van der Waals surface area contributed by atoms with Gasteiger partial charge in [-0.3, -0.25) is 29.4 Å². The largest absolute Gasteiger partial charge is 0.449 e. The van der Waals surface area contributed by atoms with Crippen LogP contribution in [0.4, 0.5) is 17.1 Å². The van der Waals surface area contributed by atoms with Crippen LogP contribution in [-0.4, -0.2) is 34.7 Å². The third-order valence-electron chi connectivity index (χ3n) is 4.42. The topological polar surface area (TPSA) is 136 Å². The van der Waals surface area contributed by atoms with E-state index in [1.807, 2.05) is 0 Å². The lowest BCUT2D eigenvalue weighted by Gasteiger charge is -2.15. The minimum atomic E-state index is -1.22. The van der Waals surface area contributed by atoms with Gasteiger partial charge in [0.1, 0.15) is 5.69 Å². The number of hydrogen-bond donors (Lipinski definition) is 1. The third-order valence-corrected chi connectivity index (χ3v) is 4.42. The predicted octanol–water partition coefficient (Wildman–Crippen LogP) is 2.43.